The molecule has 0 bridgehead atoms. The number of nitrogens with one attached hydrogen (secondary N) is 3. The maximum Gasteiger partial charge on any atom is 0.494 e. The fourth-order valence-electron chi connectivity index (χ4n) is 10.9. The Balaban J connectivity index is 0.000000184. The lowest BCUT2D eigenvalue weighted by atomic mass is 9.78. The molecule has 4 aliphatic heterocycles. The standard InChI is InChI=1S/C34H42N6O4.C28H36BN3O4/c1-33(2,3)43-31(41)39-15-7-9-27(39)29-35-19-25(37-29)23-13-11-22-18-24(14-12-21(22)17-23)26-20-36-30(38-26)28-10-8-16-40(28)32(42)44-34(4,5)6;1-26(2,3)34-25(33)32-14-8-9-23(32)24-30-17-22(31-24)20-11-10-19-16-21(13-12-18(19)15-20)29-35-27(4,5)28(6,7)36-29/h11-14,17-20,27-28H,7-10,15-16H2,1-6H3,(H,35,37)(H,36,38);10-13,15-17,23H,8-9,14H2,1-7H3,(H,30,31)/t27-,28-;23-/m00/s1. The summed E-state index contributed by atoms with van der Waals surface area (Å²) in [5.41, 5.74) is 4.52. The van der Waals surface area contributed by atoms with Crippen LogP contribution in [0.15, 0.2) is 91.4 Å². The summed E-state index contributed by atoms with van der Waals surface area (Å²) < 4.78 is 29.3. The quantitative estimate of drug-likeness (QED) is 0.102. The summed E-state index contributed by atoms with van der Waals surface area (Å²) in [6, 6.07) is 25.0. The van der Waals surface area contributed by atoms with E-state index in [9.17, 15) is 14.4 Å². The smallest absolute Gasteiger partial charge is 0.444 e. The minimum absolute atomic E-state index is 0.100. The van der Waals surface area contributed by atoms with Crippen LogP contribution in [0.2, 0.25) is 0 Å². The Bertz CT molecular complexity index is 3280. The number of rotatable bonds is 7. The lowest BCUT2D eigenvalue weighted by molar-refractivity contribution is 0.00578. The van der Waals surface area contributed by atoms with Gasteiger partial charge in [0.05, 0.1) is 65.0 Å². The van der Waals surface area contributed by atoms with Crippen LogP contribution in [-0.2, 0) is 23.5 Å². The molecule has 0 unspecified atom stereocenters. The van der Waals surface area contributed by atoms with Crippen molar-refractivity contribution >= 4 is 52.4 Å². The number of carbonyl (C=O) groups excluding carboxylic acids is 3. The minimum atomic E-state index is -0.540. The number of benzene rings is 4. The molecule has 3 N–H and O–H groups in total. The van der Waals surface area contributed by atoms with E-state index >= 15 is 0 Å². The highest BCUT2D eigenvalue weighted by Crippen LogP contribution is 2.39. The molecule has 7 aromatic rings. The first-order valence-electron chi connectivity index (χ1n) is 28.3. The molecule has 4 fully saturated rings. The van der Waals surface area contributed by atoms with Crippen LogP contribution < -0.4 is 5.46 Å². The predicted molar refractivity (Wildman–Crippen MR) is 311 cm³/mol. The fourth-order valence-corrected chi connectivity index (χ4v) is 10.9. The maximum absolute atomic E-state index is 12.8. The average molecular weight is 1090 g/mol. The van der Waals surface area contributed by atoms with E-state index in [1.165, 1.54) is 0 Å². The van der Waals surface area contributed by atoms with E-state index in [0.717, 1.165) is 117 Å². The normalized spacial score (nSPS) is 20.1. The van der Waals surface area contributed by atoms with Crippen molar-refractivity contribution in [3.8, 4) is 33.8 Å². The number of hydrogen-bond donors (Lipinski definition) is 3. The molecule has 0 spiro atoms. The highest BCUT2D eigenvalue weighted by Gasteiger charge is 2.52. The summed E-state index contributed by atoms with van der Waals surface area (Å²) in [5.74, 6) is 2.35. The summed E-state index contributed by atoms with van der Waals surface area (Å²) in [4.78, 5) is 68.0. The molecular formula is C62H78BN9O8. The van der Waals surface area contributed by atoms with Crippen LogP contribution in [0.3, 0.4) is 0 Å². The number of hydrogen-bond acceptors (Lipinski definition) is 11. The summed E-state index contributed by atoms with van der Waals surface area (Å²) >= 11 is 0. The Labute approximate surface area is 470 Å². The van der Waals surface area contributed by atoms with Gasteiger partial charge in [-0.25, -0.2) is 29.3 Å². The first kappa shape index (κ1) is 56.1. The van der Waals surface area contributed by atoms with E-state index in [0.29, 0.717) is 19.6 Å². The molecule has 0 radical (unpaired) electrons. The van der Waals surface area contributed by atoms with E-state index in [4.69, 9.17) is 23.5 Å². The number of ether oxygens (including phenoxy) is 3. The number of aromatic nitrogens is 6. The Morgan fingerprint density at radius 3 is 1.10 bits per heavy atom. The molecular weight excluding hydrogens is 1010 g/mol. The SMILES string of the molecule is CC(C)(C)OC(=O)N1CCC[C@H]1c1ncc(-c2ccc3cc(-c4cnc([C@@H]5CCCN5C(=O)OC(C)(C)C)[nH]4)ccc3c2)[nH]1.CC(C)(C)OC(=O)N1CCC[C@H]1c1ncc(-c2ccc3cc(B4OC(C)(C)C(C)(C)O4)ccc3c2)[nH]1. The van der Waals surface area contributed by atoms with Gasteiger partial charge >= 0.3 is 25.4 Å². The number of aromatic amines is 3. The number of amides is 3. The molecule has 3 aromatic heterocycles. The third kappa shape index (κ3) is 12.3. The van der Waals surface area contributed by atoms with Gasteiger partial charge in [0.2, 0.25) is 0 Å². The monoisotopic (exact) mass is 1090 g/mol. The zero-order valence-corrected chi connectivity index (χ0v) is 48.8. The number of fused-ring (bicyclic) bond motifs is 2. The molecule has 4 aliphatic rings. The molecule has 18 heteroatoms. The fraction of sp³-hybridized carbons (Fsp3) is 0.484. The predicted octanol–water partition coefficient (Wildman–Crippen LogP) is 13.4. The lowest BCUT2D eigenvalue weighted by Crippen LogP contribution is -2.41. The molecule has 3 atom stereocenters. The largest absolute Gasteiger partial charge is 0.494 e. The Morgan fingerprint density at radius 2 is 0.787 bits per heavy atom. The number of carbonyl (C=O) groups is 3. The second-order valence-corrected chi connectivity index (χ2v) is 25.7. The summed E-state index contributed by atoms with van der Waals surface area (Å²) in [7, 11) is -0.381. The van der Waals surface area contributed by atoms with Crippen LogP contribution >= 0.6 is 0 Å². The van der Waals surface area contributed by atoms with E-state index in [1.54, 1.807) is 14.7 Å². The van der Waals surface area contributed by atoms with Crippen LogP contribution in [0.1, 0.15) is 164 Å². The second kappa shape index (κ2) is 21.4. The van der Waals surface area contributed by atoms with Gasteiger partial charge in [0.1, 0.15) is 34.3 Å². The third-order valence-electron chi connectivity index (χ3n) is 15.5. The lowest BCUT2D eigenvalue weighted by Gasteiger charge is -2.32. The summed E-state index contributed by atoms with van der Waals surface area (Å²) in [6.45, 7) is 27.2. The van der Waals surface area contributed by atoms with Crippen LogP contribution in [0.5, 0.6) is 0 Å². The highest BCUT2D eigenvalue weighted by atomic mass is 16.7. The second-order valence-electron chi connectivity index (χ2n) is 25.7. The molecule has 3 amide bonds. The van der Waals surface area contributed by atoms with Gasteiger partial charge in [-0.2, -0.15) is 0 Å². The van der Waals surface area contributed by atoms with Crippen molar-refractivity contribution < 1.29 is 37.9 Å². The van der Waals surface area contributed by atoms with Crippen molar-refractivity contribution in [2.75, 3.05) is 19.6 Å². The minimum Gasteiger partial charge on any atom is -0.444 e. The number of imidazole rings is 3. The van der Waals surface area contributed by atoms with Gasteiger partial charge in [0.15, 0.2) is 0 Å². The molecule has 80 heavy (non-hydrogen) atoms. The van der Waals surface area contributed by atoms with Crippen molar-refractivity contribution in [2.45, 2.75) is 175 Å². The molecule has 0 saturated carbocycles. The number of nitrogens with zero attached hydrogens (tertiary/aromatic N) is 6. The molecule has 0 aliphatic carbocycles. The topological polar surface area (TPSA) is 193 Å². The van der Waals surface area contributed by atoms with Gasteiger partial charge in [-0.15, -0.1) is 0 Å². The van der Waals surface area contributed by atoms with Crippen molar-refractivity contribution in [3.05, 3.63) is 109 Å². The molecule has 11 rings (SSSR count). The van der Waals surface area contributed by atoms with Gasteiger partial charge in [0, 0.05) is 36.3 Å². The Kier molecular flexibility index (Phi) is 15.0. The van der Waals surface area contributed by atoms with Gasteiger partial charge < -0.3 is 38.5 Å². The average Bonchev–Trinajstić information content (AvgIpc) is 4.28. The van der Waals surface area contributed by atoms with Crippen LogP contribution in [0.4, 0.5) is 14.4 Å². The Hall–Kier alpha value is -7.18. The van der Waals surface area contributed by atoms with Crippen LogP contribution in [-0.4, -0.2) is 118 Å². The van der Waals surface area contributed by atoms with E-state index in [-0.39, 0.29) is 54.7 Å². The van der Waals surface area contributed by atoms with Gasteiger partial charge in [0.25, 0.3) is 0 Å². The number of likely N-dealkylation sites (tertiary alicyclic amines) is 3. The number of H-pyrrole nitrogens is 3. The molecule has 4 aromatic carbocycles. The van der Waals surface area contributed by atoms with Gasteiger partial charge in [-0.3, -0.25) is 14.7 Å². The van der Waals surface area contributed by atoms with E-state index in [1.807, 2.05) is 80.9 Å². The zero-order chi connectivity index (χ0) is 57.1. The van der Waals surface area contributed by atoms with Gasteiger partial charge in [-0.1, -0.05) is 54.6 Å². The van der Waals surface area contributed by atoms with Crippen molar-refractivity contribution in [3.63, 3.8) is 0 Å². The van der Waals surface area contributed by atoms with Gasteiger partial charge in [-0.05, 0) is 174 Å². The Morgan fingerprint density at radius 1 is 0.487 bits per heavy atom. The summed E-state index contributed by atoms with van der Waals surface area (Å²) in [6.07, 6.45) is 9.97. The van der Waals surface area contributed by atoms with Crippen LogP contribution in [0.25, 0.3) is 55.3 Å². The molecule has 4 saturated heterocycles. The van der Waals surface area contributed by atoms with E-state index < -0.39 is 16.8 Å². The van der Waals surface area contributed by atoms with Crippen LogP contribution in [0, 0.1) is 0 Å². The van der Waals surface area contributed by atoms with Crippen molar-refractivity contribution in [1.82, 2.24) is 44.6 Å². The molecule has 17 nitrogen and oxygen atoms in total. The first-order chi connectivity index (χ1) is 37.7. The first-order valence-corrected chi connectivity index (χ1v) is 28.3. The summed E-state index contributed by atoms with van der Waals surface area (Å²) in [5, 5.41) is 4.45. The van der Waals surface area contributed by atoms with Crippen molar-refractivity contribution in [1.29, 1.82) is 0 Å². The maximum atomic E-state index is 12.8. The zero-order valence-electron chi connectivity index (χ0n) is 48.8. The highest BCUT2D eigenvalue weighted by molar-refractivity contribution is 6.62. The van der Waals surface area contributed by atoms with Crippen molar-refractivity contribution in [2.24, 2.45) is 0 Å². The van der Waals surface area contributed by atoms with E-state index in [2.05, 4.69) is 130 Å². The molecule has 422 valence electrons. The molecule has 7 heterocycles. The third-order valence-corrected chi connectivity index (χ3v) is 15.5.